The van der Waals surface area contributed by atoms with Gasteiger partial charge in [0, 0.05) is 12.5 Å². The smallest absolute Gasteiger partial charge is 0.352 e. The zero-order chi connectivity index (χ0) is 17.1. The number of carbonyl (C=O) groups excluding carboxylic acids is 1. The Hall–Kier alpha value is -2.47. The molecule has 2 aliphatic heterocycles. The summed E-state index contributed by atoms with van der Waals surface area (Å²) in [6, 6.07) is 9.17. The SMILES string of the molecule is N=C(C(=O)OCc1ccccc1)[C@H]1[C@H]2C=CC(OCC2)[C@@H]1C(=O)O. The highest BCUT2D eigenvalue weighted by atomic mass is 16.5. The predicted octanol–water partition coefficient (Wildman–Crippen LogP) is 2.04. The minimum absolute atomic E-state index is 0.0624. The van der Waals surface area contributed by atoms with Crippen LogP contribution in [0.1, 0.15) is 12.0 Å². The third-order valence-corrected chi connectivity index (χ3v) is 4.56. The molecule has 1 saturated heterocycles. The van der Waals surface area contributed by atoms with E-state index in [9.17, 15) is 14.7 Å². The fourth-order valence-corrected chi connectivity index (χ4v) is 3.36. The number of carboxylic acid groups (broad SMARTS) is 1. The first kappa shape index (κ1) is 16.4. The molecule has 1 aromatic carbocycles. The minimum Gasteiger partial charge on any atom is -0.481 e. The predicted molar refractivity (Wildman–Crippen MR) is 85.6 cm³/mol. The topological polar surface area (TPSA) is 96.7 Å². The molecule has 4 rings (SSSR count). The van der Waals surface area contributed by atoms with Crippen LogP contribution in [0, 0.1) is 23.2 Å². The highest BCUT2D eigenvalue weighted by Crippen LogP contribution is 2.38. The maximum atomic E-state index is 12.3. The second-order valence-corrected chi connectivity index (χ2v) is 6.04. The van der Waals surface area contributed by atoms with Gasteiger partial charge < -0.3 is 14.6 Å². The Bertz CT molecular complexity index is 669. The molecule has 1 aromatic rings. The molecule has 1 unspecified atom stereocenters. The number of ether oxygens (including phenoxy) is 2. The number of aliphatic carboxylic acids is 1. The summed E-state index contributed by atoms with van der Waals surface area (Å²) < 4.78 is 10.7. The largest absolute Gasteiger partial charge is 0.481 e. The van der Waals surface area contributed by atoms with Crippen molar-refractivity contribution >= 4 is 17.7 Å². The van der Waals surface area contributed by atoms with Crippen LogP contribution in [-0.2, 0) is 25.7 Å². The molecule has 4 atom stereocenters. The first-order valence-electron chi connectivity index (χ1n) is 7.90. The lowest BCUT2D eigenvalue weighted by molar-refractivity contribution is -0.147. The average Bonchev–Trinajstić information content (AvgIpc) is 2.93. The molecule has 0 spiro atoms. The number of benzene rings is 1. The number of allylic oxidation sites excluding steroid dienone is 1. The molecule has 0 saturated carbocycles. The van der Waals surface area contributed by atoms with Crippen LogP contribution >= 0.6 is 0 Å². The van der Waals surface area contributed by atoms with Crippen molar-refractivity contribution in [3.05, 3.63) is 48.0 Å². The maximum absolute atomic E-state index is 12.3. The van der Waals surface area contributed by atoms with Gasteiger partial charge in [0.05, 0.1) is 12.0 Å². The van der Waals surface area contributed by atoms with E-state index < -0.39 is 29.9 Å². The van der Waals surface area contributed by atoms with Crippen molar-refractivity contribution in [1.82, 2.24) is 0 Å². The summed E-state index contributed by atoms with van der Waals surface area (Å²) in [5.41, 5.74) is 0.530. The van der Waals surface area contributed by atoms with Gasteiger partial charge in [0.15, 0.2) is 0 Å². The van der Waals surface area contributed by atoms with Crippen LogP contribution in [0.4, 0.5) is 0 Å². The van der Waals surface area contributed by atoms with E-state index in [2.05, 4.69) is 0 Å². The zero-order valence-electron chi connectivity index (χ0n) is 13.1. The summed E-state index contributed by atoms with van der Waals surface area (Å²) in [5, 5.41) is 17.7. The fourth-order valence-electron chi connectivity index (χ4n) is 3.36. The summed E-state index contributed by atoms with van der Waals surface area (Å²) >= 11 is 0. The maximum Gasteiger partial charge on any atom is 0.352 e. The van der Waals surface area contributed by atoms with Crippen LogP contribution in [-0.4, -0.2) is 35.5 Å². The monoisotopic (exact) mass is 329 g/mol. The Balaban J connectivity index is 1.73. The lowest BCUT2D eigenvalue weighted by Crippen LogP contribution is -2.45. The molecule has 0 radical (unpaired) electrons. The first-order chi connectivity index (χ1) is 11.6. The van der Waals surface area contributed by atoms with Gasteiger partial charge in [0.2, 0.25) is 0 Å². The van der Waals surface area contributed by atoms with E-state index in [1.165, 1.54) is 0 Å². The van der Waals surface area contributed by atoms with E-state index in [1.54, 1.807) is 6.08 Å². The van der Waals surface area contributed by atoms with E-state index in [0.717, 1.165) is 5.56 Å². The summed E-state index contributed by atoms with van der Waals surface area (Å²) in [5.74, 6) is -3.66. The molecular weight excluding hydrogens is 310 g/mol. The Labute approximate surface area is 139 Å². The summed E-state index contributed by atoms with van der Waals surface area (Å²) in [4.78, 5) is 23.9. The van der Waals surface area contributed by atoms with Crippen LogP contribution < -0.4 is 0 Å². The third kappa shape index (κ3) is 3.23. The van der Waals surface area contributed by atoms with E-state index >= 15 is 0 Å². The van der Waals surface area contributed by atoms with Crippen molar-refractivity contribution in [2.45, 2.75) is 19.1 Å². The molecule has 1 fully saturated rings. The Morgan fingerprint density at radius 1 is 1.21 bits per heavy atom. The molecule has 2 N–H and O–H groups in total. The number of nitrogens with one attached hydrogen (secondary N) is 1. The van der Waals surface area contributed by atoms with Crippen LogP contribution in [0.2, 0.25) is 0 Å². The van der Waals surface area contributed by atoms with E-state index in [-0.39, 0.29) is 18.2 Å². The van der Waals surface area contributed by atoms with Crippen molar-refractivity contribution in [2.75, 3.05) is 6.61 Å². The van der Waals surface area contributed by atoms with E-state index in [4.69, 9.17) is 14.9 Å². The molecule has 0 aromatic heterocycles. The molecule has 1 aliphatic carbocycles. The summed E-state index contributed by atoms with van der Waals surface area (Å²) in [6.45, 7) is 0.488. The summed E-state index contributed by atoms with van der Waals surface area (Å²) in [6.07, 6.45) is 3.58. The molecule has 0 amide bonds. The minimum atomic E-state index is -1.05. The van der Waals surface area contributed by atoms with Gasteiger partial charge >= 0.3 is 11.9 Å². The van der Waals surface area contributed by atoms with E-state index in [1.807, 2.05) is 36.4 Å². The Morgan fingerprint density at radius 2 is 1.96 bits per heavy atom. The molecule has 24 heavy (non-hydrogen) atoms. The van der Waals surface area contributed by atoms with Crippen LogP contribution in [0.5, 0.6) is 0 Å². The van der Waals surface area contributed by atoms with Gasteiger partial charge in [0.25, 0.3) is 0 Å². The normalized spacial score (nSPS) is 28.2. The molecule has 6 nitrogen and oxygen atoms in total. The molecule has 2 heterocycles. The van der Waals surface area contributed by atoms with Crippen molar-refractivity contribution in [3.63, 3.8) is 0 Å². The summed E-state index contributed by atoms with van der Waals surface area (Å²) in [7, 11) is 0. The second kappa shape index (κ2) is 6.97. The highest BCUT2D eigenvalue weighted by Gasteiger charge is 2.47. The van der Waals surface area contributed by atoms with Gasteiger partial charge in [-0.25, -0.2) is 4.79 Å². The fraction of sp³-hybridized carbons (Fsp3) is 0.389. The average molecular weight is 329 g/mol. The van der Waals surface area contributed by atoms with Crippen LogP contribution in [0.25, 0.3) is 0 Å². The van der Waals surface area contributed by atoms with Crippen molar-refractivity contribution < 1.29 is 24.2 Å². The molecule has 126 valence electrons. The van der Waals surface area contributed by atoms with Crippen LogP contribution in [0.3, 0.4) is 0 Å². The number of esters is 1. The van der Waals surface area contributed by atoms with Crippen molar-refractivity contribution in [1.29, 1.82) is 5.41 Å². The van der Waals surface area contributed by atoms with Crippen LogP contribution in [0.15, 0.2) is 42.5 Å². The Kier molecular flexibility index (Phi) is 4.76. The van der Waals surface area contributed by atoms with Gasteiger partial charge in [-0.2, -0.15) is 0 Å². The molecular formula is C18H19NO5. The number of hydrogen-bond donors (Lipinski definition) is 2. The lowest BCUT2D eigenvalue weighted by atomic mass is 9.71. The number of carboxylic acids is 1. The van der Waals surface area contributed by atoms with Gasteiger partial charge in [-0.3, -0.25) is 10.2 Å². The molecule has 3 aliphatic rings. The standard InChI is InChI=1S/C18H19NO5/c19-16(18(22)24-10-11-4-2-1-3-5-11)14-12-6-7-13(23-9-8-12)15(14)17(20)21/h1-7,12-15,19H,8-10H2,(H,20,21)/t12-,13?,14-,15-/m0/s1. The van der Waals surface area contributed by atoms with E-state index in [0.29, 0.717) is 13.0 Å². The highest BCUT2D eigenvalue weighted by molar-refractivity contribution is 6.36. The van der Waals surface area contributed by atoms with Gasteiger partial charge in [-0.05, 0) is 17.9 Å². The van der Waals surface area contributed by atoms with Crippen molar-refractivity contribution in [3.8, 4) is 0 Å². The van der Waals surface area contributed by atoms with Crippen molar-refractivity contribution in [2.24, 2.45) is 17.8 Å². The first-order valence-corrected chi connectivity index (χ1v) is 7.90. The quantitative estimate of drug-likeness (QED) is 0.489. The Morgan fingerprint density at radius 3 is 2.67 bits per heavy atom. The number of carbonyl (C=O) groups is 2. The number of fused-ring (bicyclic) bond motifs is 3. The zero-order valence-corrected chi connectivity index (χ0v) is 13.1. The lowest BCUT2D eigenvalue weighted by Gasteiger charge is -2.32. The van der Waals surface area contributed by atoms with Gasteiger partial charge in [-0.15, -0.1) is 0 Å². The number of hydrogen-bond acceptors (Lipinski definition) is 5. The third-order valence-electron chi connectivity index (χ3n) is 4.56. The second-order valence-electron chi connectivity index (χ2n) is 6.04. The van der Waals surface area contributed by atoms with Gasteiger partial charge in [-0.1, -0.05) is 42.5 Å². The van der Waals surface area contributed by atoms with Gasteiger partial charge in [0.1, 0.15) is 12.3 Å². The number of rotatable bonds is 5. The molecule has 6 heteroatoms. The molecule has 2 bridgehead atoms.